The van der Waals surface area contributed by atoms with Crippen LogP contribution in [0.3, 0.4) is 0 Å². The van der Waals surface area contributed by atoms with Gasteiger partial charge in [0.05, 0.1) is 28.4 Å². The highest BCUT2D eigenvalue weighted by atomic mass is 35.5. The Morgan fingerprint density at radius 3 is 2.52 bits per heavy atom. The zero-order valence-corrected chi connectivity index (χ0v) is 20.5. The van der Waals surface area contributed by atoms with Crippen LogP contribution in [0.15, 0.2) is 48.7 Å². The van der Waals surface area contributed by atoms with Gasteiger partial charge in [-0.15, -0.1) is 0 Å². The third kappa shape index (κ3) is 4.62. The molecule has 0 aliphatic rings. The Bertz CT molecular complexity index is 1380. The third-order valence-electron chi connectivity index (χ3n) is 5.07. The van der Waals surface area contributed by atoms with Gasteiger partial charge < -0.3 is 19.5 Å². The van der Waals surface area contributed by atoms with Crippen molar-refractivity contribution in [2.45, 2.75) is 6.54 Å². The number of benzene rings is 2. The summed E-state index contributed by atoms with van der Waals surface area (Å²) in [6.45, 7) is 0.815. The van der Waals surface area contributed by atoms with Crippen molar-refractivity contribution in [2.24, 2.45) is 0 Å². The highest BCUT2D eigenvalue weighted by molar-refractivity contribution is 7.35. The van der Waals surface area contributed by atoms with E-state index in [2.05, 4.69) is 21.3 Å². The molecule has 6 nitrogen and oxygen atoms in total. The number of hydrogen-bond donors (Lipinski definition) is 1. The average molecular weight is 499 g/mol. The van der Waals surface area contributed by atoms with Crippen LogP contribution in [0, 0.1) is 11.3 Å². The van der Waals surface area contributed by atoms with Gasteiger partial charge in [0.2, 0.25) is 4.70 Å². The van der Waals surface area contributed by atoms with E-state index in [-0.39, 0.29) is 5.56 Å². The van der Waals surface area contributed by atoms with E-state index in [4.69, 9.17) is 27.9 Å². The lowest BCUT2D eigenvalue weighted by atomic mass is 10.1. The number of rotatable bonds is 6. The van der Waals surface area contributed by atoms with Crippen LogP contribution in [-0.4, -0.2) is 35.6 Å². The maximum atomic E-state index is 13.6. The highest BCUT2D eigenvalue weighted by Gasteiger charge is 2.24. The van der Waals surface area contributed by atoms with Crippen LogP contribution in [0.2, 0.25) is 10.0 Å². The number of ether oxygens (including phenoxy) is 1. The predicted molar refractivity (Wildman–Crippen MR) is 134 cm³/mol. The molecule has 0 radical (unpaired) electrons. The van der Waals surface area contributed by atoms with Gasteiger partial charge in [-0.1, -0.05) is 35.3 Å². The van der Waals surface area contributed by atoms with Gasteiger partial charge in [-0.05, 0) is 48.6 Å². The van der Waals surface area contributed by atoms with Gasteiger partial charge >= 0.3 is 0 Å². The van der Waals surface area contributed by atoms with E-state index in [1.165, 1.54) is 13.3 Å². The number of halogens is 2. The largest absolute Gasteiger partial charge is 0.590 e. The molecule has 4 aromatic rings. The van der Waals surface area contributed by atoms with Crippen molar-refractivity contribution in [3.8, 4) is 22.3 Å². The molecule has 2 aromatic heterocycles. The number of fused-ring (bicyclic) bond motifs is 1. The van der Waals surface area contributed by atoms with Gasteiger partial charge in [-0.3, -0.25) is 0 Å². The molecular formula is C24H20Cl2N4O2S. The van der Waals surface area contributed by atoms with Crippen molar-refractivity contribution in [3.63, 3.8) is 0 Å². The molecule has 1 atom stereocenters. The molecule has 0 amide bonds. The predicted octanol–water partition coefficient (Wildman–Crippen LogP) is 6.62. The fourth-order valence-corrected chi connectivity index (χ4v) is 5.48. The summed E-state index contributed by atoms with van der Waals surface area (Å²) in [5.74, 6) is 0.422. The van der Waals surface area contributed by atoms with E-state index >= 15 is 0 Å². The number of nitrogens with one attached hydrogen (secondary N) is 1. The van der Waals surface area contributed by atoms with Gasteiger partial charge in [0.1, 0.15) is 23.0 Å². The van der Waals surface area contributed by atoms with Gasteiger partial charge in [-0.2, -0.15) is 5.26 Å². The fourth-order valence-electron chi connectivity index (χ4n) is 3.54. The number of anilines is 2. The van der Waals surface area contributed by atoms with Crippen molar-refractivity contribution in [1.29, 1.82) is 5.26 Å². The Balaban J connectivity index is 1.83. The Hall–Kier alpha value is -2.86. The van der Waals surface area contributed by atoms with Gasteiger partial charge in [0.15, 0.2) is 4.88 Å². The van der Waals surface area contributed by atoms with Crippen molar-refractivity contribution >= 4 is 55.5 Å². The molecule has 0 aliphatic heterocycles. The summed E-state index contributed by atoms with van der Waals surface area (Å²) in [6.07, 6.45) is 1.46. The molecule has 33 heavy (non-hydrogen) atoms. The summed E-state index contributed by atoms with van der Waals surface area (Å²) in [5.41, 5.74) is 3.65. The van der Waals surface area contributed by atoms with Gasteiger partial charge in [0, 0.05) is 30.4 Å². The van der Waals surface area contributed by atoms with Gasteiger partial charge in [-0.25, -0.2) is 4.98 Å². The van der Waals surface area contributed by atoms with E-state index in [0.717, 1.165) is 17.7 Å². The number of hydrogen-bond acceptors (Lipinski definition) is 6. The summed E-state index contributed by atoms with van der Waals surface area (Å²) < 4.78 is 19.3. The Morgan fingerprint density at radius 1 is 1.15 bits per heavy atom. The molecule has 2 heterocycles. The zero-order valence-electron chi connectivity index (χ0n) is 18.1. The number of pyridine rings is 1. The minimum atomic E-state index is -1.54. The first-order valence-electron chi connectivity index (χ1n) is 9.93. The van der Waals surface area contributed by atoms with E-state index in [1.54, 1.807) is 18.2 Å². The molecule has 168 valence electrons. The molecule has 0 spiro atoms. The molecule has 0 aliphatic carbocycles. The monoisotopic (exact) mass is 498 g/mol. The zero-order chi connectivity index (χ0) is 23.7. The highest BCUT2D eigenvalue weighted by Crippen LogP contribution is 2.46. The number of nitriles is 1. The Morgan fingerprint density at radius 2 is 1.88 bits per heavy atom. The fraction of sp³-hybridized carbons (Fsp3) is 0.167. The van der Waals surface area contributed by atoms with Gasteiger partial charge in [0.25, 0.3) is 0 Å². The number of methoxy groups -OCH3 is 1. The summed E-state index contributed by atoms with van der Waals surface area (Å²) in [6, 6.07) is 15.0. The number of nitrogens with zero attached hydrogens (tertiary/aromatic N) is 3. The Labute approximate surface area is 204 Å². The van der Waals surface area contributed by atoms with E-state index in [9.17, 15) is 9.81 Å². The Kier molecular flexibility index (Phi) is 6.75. The molecule has 1 N–H and O–H groups in total. The minimum absolute atomic E-state index is 0.253. The molecule has 0 saturated heterocycles. The normalized spacial score (nSPS) is 11.6. The summed E-state index contributed by atoms with van der Waals surface area (Å²) in [4.78, 5) is 7.08. The van der Waals surface area contributed by atoms with Crippen LogP contribution in [-0.2, 0) is 6.54 Å². The van der Waals surface area contributed by atoms with E-state index in [0.29, 0.717) is 42.3 Å². The number of aromatic nitrogens is 1. The van der Waals surface area contributed by atoms with Crippen LogP contribution in [0.25, 0.3) is 20.7 Å². The topological polar surface area (TPSA) is 84.2 Å². The van der Waals surface area contributed by atoms with Crippen LogP contribution in [0.1, 0.15) is 11.1 Å². The quantitative estimate of drug-likeness (QED) is 0.300. The lowest BCUT2D eigenvalue weighted by Gasteiger charge is -2.13. The number of thiophene rings is 1. The average Bonchev–Trinajstić information content (AvgIpc) is 3.12. The lowest BCUT2D eigenvalue weighted by molar-refractivity contribution is 0.402. The molecule has 0 saturated carbocycles. The maximum absolute atomic E-state index is 13.6. The van der Waals surface area contributed by atoms with E-state index < -0.39 is 10.8 Å². The SMILES string of the molecule is COc1cc(Nc2c(C#N)cnc3cc(-c4ccc(CN(C)C)cc4)[s+]([O-])c23)c(Cl)cc1Cl. The first-order valence-corrected chi connectivity index (χ1v) is 11.8. The second kappa shape index (κ2) is 9.56. The third-order valence-corrected chi connectivity index (χ3v) is 7.22. The smallest absolute Gasteiger partial charge is 0.223 e. The summed E-state index contributed by atoms with van der Waals surface area (Å²) in [5, 5.41) is 13.5. The maximum Gasteiger partial charge on any atom is 0.223 e. The summed E-state index contributed by atoms with van der Waals surface area (Å²) >= 11 is 12.5. The second-order valence-electron chi connectivity index (χ2n) is 7.68. The van der Waals surface area contributed by atoms with Crippen LogP contribution in [0.5, 0.6) is 5.75 Å². The second-order valence-corrected chi connectivity index (χ2v) is 9.88. The lowest BCUT2D eigenvalue weighted by Crippen LogP contribution is -2.10. The molecular weight excluding hydrogens is 479 g/mol. The summed E-state index contributed by atoms with van der Waals surface area (Å²) in [7, 11) is 3.97. The molecule has 0 fully saturated rings. The standard InChI is InChI=1S/C24H20Cl2N4O2S/c1-30(2)13-14-4-6-15(7-5-14)22-10-20-24(33(22)31)23(16(11-27)12-28-20)29-19-9-21(32-3)18(26)8-17(19)25/h4-10,12H,13H2,1-3H3,(H,28,29). The van der Waals surface area contributed by atoms with E-state index in [1.807, 2.05) is 38.4 Å². The van der Waals surface area contributed by atoms with Crippen molar-refractivity contribution < 1.29 is 9.29 Å². The van der Waals surface area contributed by atoms with Crippen LogP contribution >= 0.6 is 34.0 Å². The molecule has 9 heteroatoms. The molecule has 0 bridgehead atoms. The molecule has 4 rings (SSSR count). The van der Waals surface area contributed by atoms with Crippen molar-refractivity contribution in [1.82, 2.24) is 9.88 Å². The first kappa shape index (κ1) is 23.3. The minimum Gasteiger partial charge on any atom is -0.590 e. The molecule has 1 unspecified atom stereocenters. The van der Waals surface area contributed by atoms with Crippen molar-refractivity contribution in [2.75, 3.05) is 26.5 Å². The van der Waals surface area contributed by atoms with Crippen LogP contribution < -0.4 is 10.1 Å². The van der Waals surface area contributed by atoms with Crippen LogP contribution in [0.4, 0.5) is 11.4 Å². The first-order chi connectivity index (χ1) is 15.8. The molecule has 2 aromatic carbocycles. The van der Waals surface area contributed by atoms with Crippen molar-refractivity contribution in [3.05, 3.63) is 69.8 Å².